The number of nitrogens with zero attached hydrogens (tertiary/aromatic N) is 1. The zero-order valence-electron chi connectivity index (χ0n) is 9.79. The van der Waals surface area contributed by atoms with Gasteiger partial charge in [0.25, 0.3) is 0 Å². The Morgan fingerprint density at radius 3 is 2.65 bits per heavy atom. The van der Waals surface area contributed by atoms with Crippen molar-refractivity contribution >= 4 is 5.91 Å². The average molecular weight is 226 g/mol. The van der Waals surface area contributed by atoms with Crippen LogP contribution in [-0.2, 0) is 11.2 Å². The van der Waals surface area contributed by atoms with Crippen LogP contribution in [-0.4, -0.2) is 12.5 Å². The van der Waals surface area contributed by atoms with Gasteiger partial charge in [-0.25, -0.2) is 0 Å². The molecule has 0 aromatic heterocycles. The zero-order valence-corrected chi connectivity index (χ0v) is 9.79. The Hall–Kier alpha value is -2.26. The van der Waals surface area contributed by atoms with Gasteiger partial charge in [-0.15, -0.1) is 11.8 Å². The molecule has 1 amide bonds. The number of hydrogen-bond acceptors (Lipinski definition) is 2. The van der Waals surface area contributed by atoms with Gasteiger partial charge in [-0.2, -0.15) is 5.26 Å². The summed E-state index contributed by atoms with van der Waals surface area (Å²) < 4.78 is 0. The van der Waals surface area contributed by atoms with Gasteiger partial charge in [0.05, 0.1) is 18.1 Å². The van der Waals surface area contributed by atoms with Crippen LogP contribution in [0.25, 0.3) is 0 Å². The van der Waals surface area contributed by atoms with Crippen molar-refractivity contribution in [2.45, 2.75) is 19.8 Å². The molecular weight excluding hydrogens is 212 g/mol. The van der Waals surface area contributed by atoms with Gasteiger partial charge in [-0.3, -0.25) is 4.79 Å². The molecule has 1 aromatic rings. The maximum Gasteiger partial charge on any atom is 0.224 e. The number of nitriles is 1. The molecule has 3 heteroatoms. The predicted octanol–water partition coefficient (Wildman–Crippen LogP) is 1.63. The summed E-state index contributed by atoms with van der Waals surface area (Å²) in [7, 11) is 0. The van der Waals surface area contributed by atoms with Gasteiger partial charge in [0.1, 0.15) is 0 Å². The molecule has 0 aliphatic rings. The van der Waals surface area contributed by atoms with E-state index in [-0.39, 0.29) is 5.91 Å². The molecule has 0 unspecified atom stereocenters. The summed E-state index contributed by atoms with van der Waals surface area (Å²) >= 11 is 0. The van der Waals surface area contributed by atoms with Crippen LogP contribution in [0.15, 0.2) is 24.3 Å². The molecule has 3 nitrogen and oxygen atoms in total. The minimum atomic E-state index is -0.0207. The molecule has 17 heavy (non-hydrogen) atoms. The molecule has 0 aliphatic carbocycles. The molecule has 0 bridgehead atoms. The molecule has 1 N–H and O–H groups in total. The second kappa shape index (κ2) is 7.09. The lowest BCUT2D eigenvalue weighted by Gasteiger charge is -2.03. The third-order valence-corrected chi connectivity index (χ3v) is 2.20. The minimum Gasteiger partial charge on any atom is -0.355 e. The summed E-state index contributed by atoms with van der Waals surface area (Å²) in [4.78, 5) is 11.5. The van der Waals surface area contributed by atoms with Gasteiger partial charge in [0.15, 0.2) is 0 Å². The maximum absolute atomic E-state index is 11.5. The van der Waals surface area contributed by atoms with Gasteiger partial charge in [0.2, 0.25) is 5.91 Å². The quantitative estimate of drug-likeness (QED) is 0.626. The van der Waals surface area contributed by atoms with Crippen LogP contribution in [0.3, 0.4) is 0 Å². The van der Waals surface area contributed by atoms with Crippen molar-refractivity contribution in [3.05, 3.63) is 35.4 Å². The number of hydrogen-bond donors (Lipinski definition) is 1. The summed E-state index contributed by atoms with van der Waals surface area (Å²) in [5, 5.41) is 11.4. The van der Waals surface area contributed by atoms with E-state index in [1.165, 1.54) is 0 Å². The van der Waals surface area contributed by atoms with E-state index in [2.05, 4.69) is 17.2 Å². The van der Waals surface area contributed by atoms with Gasteiger partial charge in [-0.1, -0.05) is 12.1 Å². The Morgan fingerprint density at radius 2 is 2.06 bits per heavy atom. The first-order valence-corrected chi connectivity index (χ1v) is 5.41. The third kappa shape index (κ3) is 4.86. The Kier molecular flexibility index (Phi) is 5.34. The molecule has 0 saturated heterocycles. The number of rotatable bonds is 4. The molecule has 0 fully saturated rings. The fourth-order valence-corrected chi connectivity index (χ4v) is 1.33. The second-order valence-electron chi connectivity index (χ2n) is 3.51. The molecule has 1 aromatic carbocycles. The van der Waals surface area contributed by atoms with Crippen molar-refractivity contribution in [3.63, 3.8) is 0 Å². The van der Waals surface area contributed by atoms with Crippen molar-refractivity contribution < 1.29 is 4.79 Å². The highest BCUT2D eigenvalue weighted by Gasteiger charge is 2.02. The first-order chi connectivity index (χ1) is 8.26. The summed E-state index contributed by atoms with van der Waals surface area (Å²) in [6.07, 6.45) is 1.01. The Bertz CT molecular complexity index is 472. The fourth-order valence-electron chi connectivity index (χ4n) is 1.33. The Morgan fingerprint density at radius 1 is 1.35 bits per heavy atom. The van der Waals surface area contributed by atoms with Crippen molar-refractivity contribution in [2.75, 3.05) is 6.54 Å². The van der Waals surface area contributed by atoms with E-state index in [4.69, 9.17) is 5.26 Å². The van der Waals surface area contributed by atoms with Crippen molar-refractivity contribution in [1.29, 1.82) is 5.26 Å². The molecule has 0 atom stereocenters. The summed E-state index contributed by atoms with van der Waals surface area (Å²) in [6, 6.07) is 9.06. The molecule has 0 aliphatic heterocycles. The molecule has 0 heterocycles. The van der Waals surface area contributed by atoms with E-state index in [9.17, 15) is 4.79 Å². The minimum absolute atomic E-state index is 0.0207. The number of carbonyl (C=O) groups excluding carboxylic acids is 1. The molecular formula is C14H14N2O. The molecule has 0 spiro atoms. The topological polar surface area (TPSA) is 52.9 Å². The summed E-state index contributed by atoms with van der Waals surface area (Å²) in [5.74, 6) is 5.63. The highest BCUT2D eigenvalue weighted by molar-refractivity contribution is 5.78. The summed E-state index contributed by atoms with van der Waals surface area (Å²) in [6.45, 7) is 2.36. The Balaban J connectivity index is 2.39. The van der Waals surface area contributed by atoms with Gasteiger partial charge in [-0.05, 0) is 24.6 Å². The second-order valence-corrected chi connectivity index (χ2v) is 3.51. The smallest absolute Gasteiger partial charge is 0.224 e. The number of amides is 1. The Labute approximate surface area is 101 Å². The number of benzene rings is 1. The standard InChI is InChI=1S/C14H14N2O/c1-2-3-4-9-16-14(17)10-12-5-7-13(11-15)8-6-12/h5-8H,4,9-10H2,1H3,(H,16,17). The first kappa shape index (κ1) is 12.8. The number of carbonyl (C=O) groups is 1. The van der Waals surface area contributed by atoms with E-state index in [0.29, 0.717) is 24.9 Å². The van der Waals surface area contributed by atoms with Crippen LogP contribution in [0.1, 0.15) is 24.5 Å². The van der Waals surface area contributed by atoms with Crippen LogP contribution >= 0.6 is 0 Å². The van der Waals surface area contributed by atoms with Crippen molar-refractivity contribution in [2.24, 2.45) is 0 Å². The molecule has 1 rings (SSSR count). The monoisotopic (exact) mass is 226 g/mol. The highest BCUT2D eigenvalue weighted by Crippen LogP contribution is 2.03. The third-order valence-electron chi connectivity index (χ3n) is 2.20. The van der Waals surface area contributed by atoms with Crippen LogP contribution in [0.5, 0.6) is 0 Å². The highest BCUT2D eigenvalue weighted by atomic mass is 16.1. The normalized spacial score (nSPS) is 8.71. The van der Waals surface area contributed by atoms with E-state index < -0.39 is 0 Å². The lowest BCUT2D eigenvalue weighted by atomic mass is 10.1. The van der Waals surface area contributed by atoms with Crippen LogP contribution in [0.4, 0.5) is 0 Å². The van der Waals surface area contributed by atoms with Crippen molar-refractivity contribution in [3.8, 4) is 17.9 Å². The summed E-state index contributed by atoms with van der Waals surface area (Å²) in [5.41, 5.74) is 1.51. The van der Waals surface area contributed by atoms with Crippen LogP contribution in [0, 0.1) is 23.2 Å². The molecule has 86 valence electrons. The lowest BCUT2D eigenvalue weighted by Crippen LogP contribution is -2.25. The van der Waals surface area contributed by atoms with E-state index in [0.717, 1.165) is 5.56 Å². The van der Waals surface area contributed by atoms with Crippen molar-refractivity contribution in [1.82, 2.24) is 5.32 Å². The largest absolute Gasteiger partial charge is 0.355 e. The fraction of sp³-hybridized carbons (Fsp3) is 0.286. The van der Waals surface area contributed by atoms with E-state index in [1.54, 1.807) is 31.2 Å². The first-order valence-electron chi connectivity index (χ1n) is 5.41. The zero-order chi connectivity index (χ0) is 12.5. The predicted molar refractivity (Wildman–Crippen MR) is 65.9 cm³/mol. The van der Waals surface area contributed by atoms with Crippen LogP contribution < -0.4 is 5.32 Å². The molecule has 0 saturated carbocycles. The van der Waals surface area contributed by atoms with Gasteiger partial charge >= 0.3 is 0 Å². The molecule has 0 radical (unpaired) electrons. The average Bonchev–Trinajstić information content (AvgIpc) is 2.36. The van der Waals surface area contributed by atoms with Crippen LogP contribution in [0.2, 0.25) is 0 Å². The van der Waals surface area contributed by atoms with Gasteiger partial charge in [0, 0.05) is 13.0 Å². The lowest BCUT2D eigenvalue weighted by molar-refractivity contribution is -0.120. The SMILES string of the molecule is CC#CCCNC(=O)Cc1ccc(C#N)cc1. The van der Waals surface area contributed by atoms with E-state index >= 15 is 0 Å². The maximum atomic E-state index is 11.5. The number of nitrogens with one attached hydrogen (secondary N) is 1. The van der Waals surface area contributed by atoms with E-state index in [1.807, 2.05) is 6.07 Å². The van der Waals surface area contributed by atoms with Gasteiger partial charge < -0.3 is 5.32 Å².